The van der Waals surface area contributed by atoms with Gasteiger partial charge in [-0.25, -0.2) is 8.37 Å². The van der Waals surface area contributed by atoms with Gasteiger partial charge in [0.15, 0.2) is 12.5 Å². The van der Waals surface area contributed by atoms with E-state index in [0.717, 1.165) is 11.1 Å². The van der Waals surface area contributed by atoms with Crippen LogP contribution in [-0.4, -0.2) is 49.1 Å². The van der Waals surface area contributed by atoms with Gasteiger partial charge in [-0.3, -0.25) is 10.3 Å². The Morgan fingerprint density at radius 1 is 0.867 bits per heavy atom. The molecular weight excluding hydrogens is 430 g/mol. The van der Waals surface area contributed by atoms with Gasteiger partial charge in [0.25, 0.3) is 20.2 Å². The SMILES string of the molecule is C=NC(C(N)OS(=O)(=O)c1ccc(C)cc1)C(NC)OS(=O)(=O)c1ccc(C)cc1. The summed E-state index contributed by atoms with van der Waals surface area (Å²) in [6.45, 7) is 6.99. The molecule has 3 unspecified atom stereocenters. The van der Waals surface area contributed by atoms with Crippen molar-refractivity contribution in [2.45, 2.75) is 42.1 Å². The second kappa shape index (κ2) is 9.77. The van der Waals surface area contributed by atoms with Crippen molar-refractivity contribution < 1.29 is 25.2 Å². The van der Waals surface area contributed by atoms with Gasteiger partial charge in [0.2, 0.25) is 0 Å². The predicted molar refractivity (Wildman–Crippen MR) is 113 cm³/mol. The maximum absolute atomic E-state index is 12.6. The van der Waals surface area contributed by atoms with Crippen LogP contribution in [0.3, 0.4) is 0 Å². The van der Waals surface area contributed by atoms with E-state index in [4.69, 9.17) is 14.1 Å². The molecule has 2 aromatic rings. The first-order valence-electron chi connectivity index (χ1n) is 8.89. The first-order valence-corrected chi connectivity index (χ1v) is 11.7. The Labute approximate surface area is 177 Å². The molecule has 30 heavy (non-hydrogen) atoms. The Morgan fingerprint density at radius 3 is 1.63 bits per heavy atom. The third-order valence-corrected chi connectivity index (χ3v) is 6.86. The Bertz CT molecular complexity index is 1070. The maximum atomic E-state index is 12.6. The number of nitrogens with zero attached hydrogens (tertiary/aromatic N) is 1. The molecule has 0 spiro atoms. The molecule has 0 saturated carbocycles. The van der Waals surface area contributed by atoms with Gasteiger partial charge in [-0.05, 0) is 51.9 Å². The molecule has 0 aliphatic rings. The summed E-state index contributed by atoms with van der Waals surface area (Å²) in [6.07, 6.45) is -2.88. The van der Waals surface area contributed by atoms with Gasteiger partial charge >= 0.3 is 0 Å². The summed E-state index contributed by atoms with van der Waals surface area (Å²) < 4.78 is 60.3. The van der Waals surface area contributed by atoms with E-state index in [-0.39, 0.29) is 9.79 Å². The highest BCUT2D eigenvalue weighted by Crippen LogP contribution is 2.20. The fourth-order valence-electron chi connectivity index (χ4n) is 2.51. The van der Waals surface area contributed by atoms with Gasteiger partial charge in [-0.1, -0.05) is 35.4 Å². The summed E-state index contributed by atoms with van der Waals surface area (Å²) in [4.78, 5) is 3.56. The zero-order chi connectivity index (χ0) is 22.5. The number of benzene rings is 2. The van der Waals surface area contributed by atoms with Gasteiger partial charge in [0.1, 0.15) is 6.04 Å². The van der Waals surface area contributed by atoms with E-state index in [1.165, 1.54) is 31.3 Å². The summed E-state index contributed by atoms with van der Waals surface area (Å²) in [5, 5.41) is 2.61. The second-order valence-electron chi connectivity index (χ2n) is 6.57. The lowest BCUT2D eigenvalue weighted by Gasteiger charge is -2.27. The molecule has 0 aliphatic carbocycles. The zero-order valence-corrected chi connectivity index (χ0v) is 18.5. The largest absolute Gasteiger partial charge is 0.303 e. The van der Waals surface area contributed by atoms with E-state index in [1.807, 2.05) is 13.8 Å². The van der Waals surface area contributed by atoms with E-state index in [9.17, 15) is 16.8 Å². The molecule has 0 aliphatic heterocycles. The highest BCUT2D eigenvalue weighted by molar-refractivity contribution is 7.87. The van der Waals surface area contributed by atoms with Crippen LogP contribution in [-0.2, 0) is 28.6 Å². The van der Waals surface area contributed by atoms with Gasteiger partial charge in [-0.15, -0.1) is 0 Å². The summed E-state index contributed by atoms with van der Waals surface area (Å²) in [6, 6.07) is 10.8. The summed E-state index contributed by atoms with van der Waals surface area (Å²) in [7, 11) is -7.00. The van der Waals surface area contributed by atoms with Crippen molar-refractivity contribution in [1.29, 1.82) is 0 Å². The van der Waals surface area contributed by atoms with Crippen molar-refractivity contribution in [2.24, 2.45) is 10.7 Å². The van der Waals surface area contributed by atoms with Crippen molar-refractivity contribution in [3.63, 3.8) is 0 Å². The lowest BCUT2D eigenvalue weighted by atomic mass is 10.2. The fraction of sp³-hybridized carbons (Fsp3) is 0.316. The molecule has 3 N–H and O–H groups in total. The predicted octanol–water partition coefficient (Wildman–Crippen LogP) is 1.31. The van der Waals surface area contributed by atoms with Gasteiger partial charge in [0.05, 0.1) is 9.79 Å². The molecule has 3 atom stereocenters. The molecule has 2 aromatic carbocycles. The minimum Gasteiger partial charge on any atom is -0.303 e. The van der Waals surface area contributed by atoms with Gasteiger partial charge < -0.3 is 5.73 Å². The minimum absolute atomic E-state index is 0.0714. The van der Waals surface area contributed by atoms with Crippen LogP contribution in [0.15, 0.2) is 63.3 Å². The average Bonchev–Trinajstić information content (AvgIpc) is 2.68. The lowest BCUT2D eigenvalue weighted by Crippen LogP contribution is -2.51. The third-order valence-electron chi connectivity index (χ3n) is 4.23. The number of hydrogen-bond donors (Lipinski definition) is 2. The quantitative estimate of drug-likeness (QED) is 0.311. The van der Waals surface area contributed by atoms with Gasteiger partial charge in [-0.2, -0.15) is 16.8 Å². The first kappa shape index (κ1) is 24.1. The average molecular weight is 456 g/mol. The number of aliphatic imine (C=N–C) groups is 1. The van der Waals surface area contributed by atoms with Crippen LogP contribution >= 0.6 is 0 Å². The van der Waals surface area contributed by atoms with Crippen LogP contribution in [0.5, 0.6) is 0 Å². The van der Waals surface area contributed by atoms with Gasteiger partial charge in [0, 0.05) is 0 Å². The van der Waals surface area contributed by atoms with Crippen molar-refractivity contribution in [2.75, 3.05) is 7.05 Å². The van der Waals surface area contributed by atoms with Crippen LogP contribution in [0.2, 0.25) is 0 Å². The van der Waals surface area contributed by atoms with Crippen molar-refractivity contribution >= 4 is 27.0 Å². The number of nitrogens with two attached hydrogens (primary N) is 1. The number of likely N-dealkylation sites (N-methyl/N-ethyl adjacent to an activating group) is 1. The number of rotatable bonds is 10. The Hall–Kier alpha value is -2.15. The molecule has 0 bridgehead atoms. The highest BCUT2D eigenvalue weighted by atomic mass is 32.2. The topological polar surface area (TPSA) is 137 Å². The van der Waals surface area contributed by atoms with Crippen LogP contribution in [0, 0.1) is 13.8 Å². The zero-order valence-electron chi connectivity index (χ0n) is 16.8. The number of hydrogen-bond acceptors (Lipinski definition) is 9. The molecule has 0 saturated heterocycles. The second-order valence-corrected chi connectivity index (χ2v) is 9.72. The molecule has 2 rings (SSSR count). The standard InChI is InChI=1S/C19H25N3O6S2/c1-13-5-9-15(10-6-13)29(23,24)27-18(20)17(21-3)19(22-4)28-30(25,26)16-11-7-14(2)8-12-16/h5-12,17-19,22H,3,20H2,1-2,4H3. The van der Waals surface area contributed by atoms with E-state index >= 15 is 0 Å². The lowest BCUT2D eigenvalue weighted by molar-refractivity contribution is 0.0816. The van der Waals surface area contributed by atoms with Crippen LogP contribution in [0.1, 0.15) is 11.1 Å². The molecule has 0 aromatic heterocycles. The summed E-state index contributed by atoms with van der Waals surface area (Å²) >= 11 is 0. The Kier molecular flexibility index (Phi) is 7.86. The van der Waals surface area contributed by atoms with E-state index in [1.54, 1.807) is 24.3 Å². The Balaban J connectivity index is 2.21. The fourth-order valence-corrected chi connectivity index (χ4v) is 4.56. The molecule has 0 heterocycles. The normalized spacial score (nSPS) is 15.3. The first-order chi connectivity index (χ1) is 14.0. The smallest absolute Gasteiger partial charge is 0.298 e. The number of aryl methyl sites for hydroxylation is 2. The Morgan fingerprint density at radius 2 is 1.27 bits per heavy atom. The summed E-state index contributed by atoms with van der Waals surface area (Å²) in [5.41, 5.74) is 7.63. The molecular formula is C19H25N3O6S2. The van der Waals surface area contributed by atoms with Crippen molar-refractivity contribution in [3.8, 4) is 0 Å². The molecule has 0 radical (unpaired) electrons. The van der Waals surface area contributed by atoms with Crippen molar-refractivity contribution in [3.05, 3.63) is 59.7 Å². The highest BCUT2D eigenvalue weighted by Gasteiger charge is 2.34. The molecule has 0 amide bonds. The molecule has 0 fully saturated rings. The van der Waals surface area contributed by atoms with Crippen LogP contribution < -0.4 is 11.1 Å². The molecule has 164 valence electrons. The van der Waals surface area contributed by atoms with Crippen LogP contribution in [0.4, 0.5) is 0 Å². The van der Waals surface area contributed by atoms with Crippen molar-refractivity contribution in [1.82, 2.24) is 5.32 Å². The monoisotopic (exact) mass is 455 g/mol. The third kappa shape index (κ3) is 5.94. The van der Waals surface area contributed by atoms with E-state index in [0.29, 0.717) is 0 Å². The number of nitrogens with one attached hydrogen (secondary N) is 1. The molecule has 9 nitrogen and oxygen atoms in total. The minimum atomic E-state index is -4.22. The maximum Gasteiger partial charge on any atom is 0.298 e. The molecule has 11 heteroatoms. The summed E-state index contributed by atoms with van der Waals surface area (Å²) in [5.74, 6) is 0. The van der Waals surface area contributed by atoms with Crippen LogP contribution in [0.25, 0.3) is 0 Å². The van der Waals surface area contributed by atoms with E-state index < -0.39 is 38.7 Å². The van der Waals surface area contributed by atoms with E-state index in [2.05, 4.69) is 17.0 Å².